The van der Waals surface area contributed by atoms with E-state index in [1.165, 1.54) is 0 Å². The number of nitrogens with zero attached hydrogens (tertiary/aromatic N) is 2. The summed E-state index contributed by atoms with van der Waals surface area (Å²) in [4.78, 5) is 20.0. The first-order chi connectivity index (χ1) is 8.70. The van der Waals surface area contributed by atoms with Crippen LogP contribution in [0.25, 0.3) is 0 Å². The summed E-state index contributed by atoms with van der Waals surface area (Å²) in [6, 6.07) is 6.66. The zero-order chi connectivity index (χ0) is 13.0. The average Bonchev–Trinajstić information content (AvgIpc) is 2.39. The molecule has 0 N–H and O–H groups in total. The van der Waals surface area contributed by atoms with Gasteiger partial charge in [-0.25, -0.2) is 9.97 Å². The van der Waals surface area contributed by atoms with Crippen LogP contribution in [0.5, 0.6) is 5.75 Å². The van der Waals surface area contributed by atoms with Gasteiger partial charge in [-0.2, -0.15) is 0 Å². The number of hydrogen-bond acceptors (Lipinski definition) is 4. The molecule has 0 aliphatic rings. The number of benzene rings is 1. The van der Waals surface area contributed by atoms with E-state index in [1.54, 1.807) is 43.8 Å². The Morgan fingerprint density at radius 1 is 1.33 bits per heavy atom. The van der Waals surface area contributed by atoms with Crippen LogP contribution in [0, 0.1) is 0 Å². The van der Waals surface area contributed by atoms with Crippen LogP contribution in [-0.4, -0.2) is 22.9 Å². The molecule has 0 unspecified atom stereocenters. The fraction of sp³-hybridized carbons (Fsp3) is 0.154. The third-order valence-corrected chi connectivity index (χ3v) is 2.73. The van der Waals surface area contributed by atoms with Gasteiger partial charge in [0, 0.05) is 18.0 Å². The summed E-state index contributed by atoms with van der Waals surface area (Å²) in [5, 5.41) is 0.371. The largest absolute Gasteiger partial charge is 0.497 e. The van der Waals surface area contributed by atoms with Crippen LogP contribution < -0.4 is 4.74 Å². The Morgan fingerprint density at radius 3 is 2.67 bits per heavy atom. The standard InChI is InChI=1S/C13H11ClN2O2/c1-18-9-3-4-10(11(14)7-9)12(17)8-13-15-5-2-6-16-13/h2-7H,8H2,1H3. The molecule has 0 spiro atoms. The third-order valence-electron chi connectivity index (χ3n) is 2.41. The summed E-state index contributed by atoms with van der Waals surface area (Å²) >= 11 is 6.03. The normalized spacial score (nSPS) is 10.1. The van der Waals surface area contributed by atoms with Crippen molar-refractivity contribution in [2.75, 3.05) is 7.11 Å². The molecule has 0 aliphatic heterocycles. The molecule has 0 saturated carbocycles. The van der Waals surface area contributed by atoms with E-state index in [2.05, 4.69) is 9.97 Å². The maximum Gasteiger partial charge on any atom is 0.171 e. The van der Waals surface area contributed by atoms with Crippen LogP contribution in [0.3, 0.4) is 0 Å². The van der Waals surface area contributed by atoms with Gasteiger partial charge in [-0.15, -0.1) is 0 Å². The second-order valence-electron chi connectivity index (χ2n) is 3.61. The van der Waals surface area contributed by atoms with E-state index >= 15 is 0 Å². The number of carbonyl (C=O) groups is 1. The fourth-order valence-electron chi connectivity index (χ4n) is 1.51. The molecule has 0 amide bonds. The molecule has 1 aromatic carbocycles. The van der Waals surface area contributed by atoms with Crippen molar-refractivity contribution >= 4 is 17.4 Å². The lowest BCUT2D eigenvalue weighted by Crippen LogP contribution is -2.07. The molecule has 0 saturated heterocycles. The van der Waals surface area contributed by atoms with Crippen molar-refractivity contribution in [3.8, 4) is 5.75 Å². The van der Waals surface area contributed by atoms with Crippen LogP contribution in [0.1, 0.15) is 16.2 Å². The summed E-state index contributed by atoms with van der Waals surface area (Å²) < 4.78 is 5.03. The molecule has 0 bridgehead atoms. The van der Waals surface area contributed by atoms with Gasteiger partial charge in [0.15, 0.2) is 5.78 Å². The quantitative estimate of drug-likeness (QED) is 0.795. The molecule has 0 radical (unpaired) electrons. The molecule has 1 aromatic heterocycles. The predicted molar refractivity (Wildman–Crippen MR) is 68.1 cm³/mol. The smallest absolute Gasteiger partial charge is 0.171 e. The summed E-state index contributed by atoms with van der Waals surface area (Å²) in [6.07, 6.45) is 3.34. The van der Waals surface area contributed by atoms with Gasteiger partial charge in [-0.3, -0.25) is 4.79 Å². The maximum atomic E-state index is 12.0. The molecule has 0 fully saturated rings. The Bertz CT molecular complexity index is 558. The zero-order valence-electron chi connectivity index (χ0n) is 9.76. The number of halogens is 1. The first-order valence-corrected chi connectivity index (χ1v) is 5.71. The fourth-order valence-corrected chi connectivity index (χ4v) is 1.78. The zero-order valence-corrected chi connectivity index (χ0v) is 10.5. The molecule has 2 aromatic rings. The number of aromatic nitrogens is 2. The minimum Gasteiger partial charge on any atom is -0.497 e. The summed E-state index contributed by atoms with van der Waals surface area (Å²) in [5.41, 5.74) is 0.449. The summed E-state index contributed by atoms with van der Waals surface area (Å²) in [5.74, 6) is 0.982. The molecule has 18 heavy (non-hydrogen) atoms. The van der Waals surface area contributed by atoms with Crippen molar-refractivity contribution in [2.45, 2.75) is 6.42 Å². The van der Waals surface area contributed by atoms with Crippen molar-refractivity contribution in [1.82, 2.24) is 9.97 Å². The average molecular weight is 263 g/mol. The first kappa shape index (κ1) is 12.5. The second kappa shape index (κ2) is 5.60. The minimum absolute atomic E-state index is 0.117. The van der Waals surface area contributed by atoms with Crippen LogP contribution in [0.15, 0.2) is 36.7 Å². The summed E-state index contributed by atoms with van der Waals surface area (Å²) in [6.45, 7) is 0. The molecule has 4 nitrogen and oxygen atoms in total. The molecule has 92 valence electrons. The van der Waals surface area contributed by atoms with Gasteiger partial charge in [0.05, 0.1) is 18.6 Å². The molecular formula is C13H11ClN2O2. The van der Waals surface area contributed by atoms with E-state index in [0.29, 0.717) is 22.2 Å². The van der Waals surface area contributed by atoms with E-state index in [1.807, 2.05) is 0 Å². The highest BCUT2D eigenvalue weighted by Gasteiger charge is 2.13. The second-order valence-corrected chi connectivity index (χ2v) is 4.02. The molecule has 1 heterocycles. The number of Topliss-reactive ketones (excluding diaryl/α,β-unsaturated/α-hetero) is 1. The number of methoxy groups -OCH3 is 1. The lowest BCUT2D eigenvalue weighted by atomic mass is 10.1. The SMILES string of the molecule is COc1ccc(C(=O)Cc2ncccn2)c(Cl)c1. The molecule has 5 heteroatoms. The number of hydrogen-bond donors (Lipinski definition) is 0. The molecule has 0 aliphatic carbocycles. The third kappa shape index (κ3) is 2.84. The lowest BCUT2D eigenvalue weighted by Gasteiger charge is -2.05. The Labute approximate surface area is 110 Å². The Kier molecular flexibility index (Phi) is 3.89. The monoisotopic (exact) mass is 262 g/mol. The van der Waals surface area contributed by atoms with E-state index < -0.39 is 0 Å². The number of ether oxygens (including phenoxy) is 1. The van der Waals surface area contributed by atoms with Crippen LogP contribution >= 0.6 is 11.6 Å². The Hall–Kier alpha value is -1.94. The van der Waals surface area contributed by atoms with Gasteiger partial charge in [-0.1, -0.05) is 11.6 Å². The molecular weight excluding hydrogens is 252 g/mol. The van der Waals surface area contributed by atoms with Crippen molar-refractivity contribution < 1.29 is 9.53 Å². The topological polar surface area (TPSA) is 52.1 Å². The Morgan fingerprint density at radius 2 is 2.06 bits per heavy atom. The lowest BCUT2D eigenvalue weighted by molar-refractivity contribution is 0.0991. The Balaban J connectivity index is 2.19. The van der Waals surface area contributed by atoms with Gasteiger partial charge < -0.3 is 4.74 Å². The van der Waals surface area contributed by atoms with Crippen LogP contribution in [-0.2, 0) is 6.42 Å². The van der Waals surface area contributed by atoms with E-state index in [0.717, 1.165) is 0 Å². The van der Waals surface area contributed by atoms with Crippen molar-refractivity contribution in [2.24, 2.45) is 0 Å². The van der Waals surface area contributed by atoms with Crippen molar-refractivity contribution in [1.29, 1.82) is 0 Å². The van der Waals surface area contributed by atoms with Gasteiger partial charge in [0.1, 0.15) is 11.6 Å². The van der Waals surface area contributed by atoms with E-state index in [-0.39, 0.29) is 12.2 Å². The van der Waals surface area contributed by atoms with Gasteiger partial charge >= 0.3 is 0 Å². The maximum absolute atomic E-state index is 12.0. The first-order valence-electron chi connectivity index (χ1n) is 5.33. The molecule has 2 rings (SSSR count). The summed E-state index contributed by atoms with van der Waals surface area (Å²) in [7, 11) is 1.55. The number of carbonyl (C=O) groups excluding carboxylic acids is 1. The number of ketones is 1. The van der Waals surface area contributed by atoms with E-state index in [9.17, 15) is 4.79 Å². The molecule has 0 atom stereocenters. The van der Waals surface area contributed by atoms with Gasteiger partial charge in [0.2, 0.25) is 0 Å². The van der Waals surface area contributed by atoms with E-state index in [4.69, 9.17) is 16.3 Å². The highest BCUT2D eigenvalue weighted by molar-refractivity contribution is 6.34. The predicted octanol–water partition coefficient (Wildman–Crippen LogP) is 2.56. The van der Waals surface area contributed by atoms with Crippen molar-refractivity contribution in [3.63, 3.8) is 0 Å². The number of rotatable bonds is 4. The van der Waals surface area contributed by atoms with Gasteiger partial charge in [-0.05, 0) is 24.3 Å². The van der Waals surface area contributed by atoms with Crippen LogP contribution in [0.2, 0.25) is 5.02 Å². The highest BCUT2D eigenvalue weighted by atomic mass is 35.5. The minimum atomic E-state index is -0.117. The van der Waals surface area contributed by atoms with Gasteiger partial charge in [0.25, 0.3) is 0 Å². The van der Waals surface area contributed by atoms with Crippen molar-refractivity contribution in [3.05, 3.63) is 53.1 Å². The van der Waals surface area contributed by atoms with Crippen LogP contribution in [0.4, 0.5) is 0 Å². The highest BCUT2D eigenvalue weighted by Crippen LogP contribution is 2.23.